The van der Waals surface area contributed by atoms with Gasteiger partial charge in [-0.3, -0.25) is 9.59 Å². The summed E-state index contributed by atoms with van der Waals surface area (Å²) in [7, 11) is 1.89. The molecule has 1 aliphatic carbocycles. The average molecular weight is 329 g/mol. The third kappa shape index (κ3) is 2.47. The van der Waals surface area contributed by atoms with E-state index < -0.39 is 0 Å². The molecule has 2 aromatic rings. The van der Waals surface area contributed by atoms with Crippen molar-refractivity contribution in [2.24, 2.45) is 13.0 Å². The molecule has 0 spiro atoms. The number of fused-ring (bicyclic) bond motifs is 2. The van der Waals surface area contributed by atoms with Crippen LogP contribution in [0, 0.1) is 5.92 Å². The molecule has 2 aliphatic rings. The number of carbonyl (C=O) groups is 2. The highest BCUT2D eigenvalue weighted by molar-refractivity contribution is 7.12. The van der Waals surface area contributed by atoms with Crippen LogP contribution in [0.2, 0.25) is 0 Å². The zero-order chi connectivity index (χ0) is 16.0. The van der Waals surface area contributed by atoms with Crippen LogP contribution in [0.4, 0.5) is 0 Å². The van der Waals surface area contributed by atoms with Crippen molar-refractivity contribution in [3.8, 4) is 0 Å². The van der Waals surface area contributed by atoms with Crippen molar-refractivity contribution in [2.45, 2.75) is 24.9 Å². The number of aryl methyl sites for hydroxylation is 1. The van der Waals surface area contributed by atoms with Gasteiger partial charge < -0.3 is 14.8 Å². The highest BCUT2D eigenvalue weighted by Crippen LogP contribution is 2.38. The number of thiophene rings is 1. The molecule has 5 nitrogen and oxygen atoms in total. The molecule has 2 aromatic heterocycles. The van der Waals surface area contributed by atoms with Gasteiger partial charge in [-0.2, -0.15) is 0 Å². The Bertz CT molecular complexity index is 737. The predicted octanol–water partition coefficient (Wildman–Crippen LogP) is 2.12. The minimum atomic E-state index is 0.0119. The van der Waals surface area contributed by atoms with Crippen LogP contribution in [0.3, 0.4) is 0 Å². The van der Waals surface area contributed by atoms with Gasteiger partial charge in [0.15, 0.2) is 0 Å². The molecule has 0 aromatic carbocycles. The number of nitrogens with one attached hydrogen (secondary N) is 1. The van der Waals surface area contributed by atoms with Gasteiger partial charge in [0.1, 0.15) is 5.69 Å². The van der Waals surface area contributed by atoms with E-state index in [9.17, 15) is 9.59 Å². The predicted molar refractivity (Wildman–Crippen MR) is 88.5 cm³/mol. The van der Waals surface area contributed by atoms with Gasteiger partial charge in [0, 0.05) is 31.9 Å². The Balaban J connectivity index is 1.41. The third-order valence-corrected chi connectivity index (χ3v) is 5.90. The summed E-state index contributed by atoms with van der Waals surface area (Å²) in [6.45, 7) is 0.740. The van der Waals surface area contributed by atoms with Crippen LogP contribution in [0.1, 0.15) is 33.0 Å². The van der Waals surface area contributed by atoms with Gasteiger partial charge in [-0.15, -0.1) is 11.3 Å². The van der Waals surface area contributed by atoms with E-state index in [2.05, 4.69) is 5.32 Å². The molecule has 6 heteroatoms. The lowest BCUT2D eigenvalue weighted by atomic mass is 10.0. The second-order valence-corrected chi connectivity index (χ2v) is 7.35. The molecule has 1 saturated carbocycles. The fraction of sp³-hybridized carbons (Fsp3) is 0.412. The molecule has 120 valence electrons. The minimum absolute atomic E-state index is 0.0119. The maximum Gasteiger partial charge on any atom is 0.270 e. The number of likely N-dealkylation sites (tertiary alicyclic amines) is 1. The lowest BCUT2D eigenvalue weighted by Crippen LogP contribution is -2.47. The number of piperidine rings is 1. The molecule has 0 unspecified atom stereocenters. The number of nitrogens with zero attached hydrogens (tertiary/aromatic N) is 2. The van der Waals surface area contributed by atoms with Crippen molar-refractivity contribution in [3.05, 3.63) is 46.4 Å². The van der Waals surface area contributed by atoms with Crippen molar-refractivity contribution < 1.29 is 9.59 Å². The Labute approximate surface area is 138 Å². The van der Waals surface area contributed by atoms with Crippen LogP contribution < -0.4 is 5.32 Å². The summed E-state index contributed by atoms with van der Waals surface area (Å²) in [5, 5.41) is 5.06. The van der Waals surface area contributed by atoms with Gasteiger partial charge in [0.05, 0.1) is 4.88 Å². The SMILES string of the molecule is Cn1cccc1C(=O)N1C[C@@H]2C[C@H]1C[C@@H]2NC(=O)c1cccs1. The summed E-state index contributed by atoms with van der Waals surface area (Å²) in [5.74, 6) is 0.485. The van der Waals surface area contributed by atoms with Crippen molar-refractivity contribution in [2.75, 3.05) is 6.54 Å². The van der Waals surface area contributed by atoms with Crippen molar-refractivity contribution in [1.82, 2.24) is 14.8 Å². The summed E-state index contributed by atoms with van der Waals surface area (Å²) in [6, 6.07) is 7.93. The van der Waals surface area contributed by atoms with Gasteiger partial charge in [-0.25, -0.2) is 0 Å². The standard InChI is InChI=1S/C17H19N3O2S/c1-19-6-2-4-14(19)17(22)20-10-11-8-12(20)9-13(11)18-16(21)15-5-3-7-23-15/h2-7,11-13H,8-10H2,1H3,(H,18,21)/t11-,12-,13-/m0/s1. The van der Waals surface area contributed by atoms with E-state index in [0.717, 1.165) is 30.0 Å². The van der Waals surface area contributed by atoms with E-state index in [1.807, 2.05) is 52.4 Å². The molecule has 2 bridgehead atoms. The zero-order valence-electron chi connectivity index (χ0n) is 12.9. The van der Waals surface area contributed by atoms with E-state index in [1.165, 1.54) is 11.3 Å². The Kier molecular flexibility index (Phi) is 3.49. The summed E-state index contributed by atoms with van der Waals surface area (Å²) < 4.78 is 1.87. The largest absolute Gasteiger partial charge is 0.348 e. The van der Waals surface area contributed by atoms with E-state index in [-0.39, 0.29) is 23.9 Å². The number of rotatable bonds is 3. The number of amides is 2. The van der Waals surface area contributed by atoms with E-state index in [0.29, 0.717) is 5.92 Å². The monoisotopic (exact) mass is 329 g/mol. The number of carbonyl (C=O) groups excluding carboxylic acids is 2. The Hall–Kier alpha value is -2.08. The molecule has 1 aliphatic heterocycles. The maximum atomic E-state index is 12.7. The summed E-state index contributed by atoms with van der Waals surface area (Å²) >= 11 is 1.46. The highest BCUT2D eigenvalue weighted by Gasteiger charge is 2.47. The van der Waals surface area contributed by atoms with Gasteiger partial charge in [-0.05, 0) is 42.3 Å². The maximum absolute atomic E-state index is 12.7. The fourth-order valence-electron chi connectivity index (χ4n) is 3.86. The van der Waals surface area contributed by atoms with Gasteiger partial charge in [0.25, 0.3) is 11.8 Å². The molecule has 2 amide bonds. The first-order valence-electron chi connectivity index (χ1n) is 7.90. The van der Waals surface area contributed by atoms with Crippen LogP contribution in [0.25, 0.3) is 0 Å². The molecule has 1 N–H and O–H groups in total. The fourth-order valence-corrected chi connectivity index (χ4v) is 4.48. The summed E-state index contributed by atoms with van der Waals surface area (Å²) in [6.07, 6.45) is 3.75. The number of aromatic nitrogens is 1. The Morgan fingerprint density at radius 1 is 1.26 bits per heavy atom. The summed E-state index contributed by atoms with van der Waals surface area (Å²) in [4.78, 5) is 27.6. The molecule has 4 rings (SSSR count). The van der Waals surface area contributed by atoms with Crippen LogP contribution in [0.15, 0.2) is 35.8 Å². The van der Waals surface area contributed by atoms with Gasteiger partial charge >= 0.3 is 0 Å². The minimum Gasteiger partial charge on any atom is -0.348 e. The van der Waals surface area contributed by atoms with E-state index in [4.69, 9.17) is 0 Å². The normalized spacial score (nSPS) is 25.8. The average Bonchev–Trinajstić information content (AvgIpc) is 3.30. The first-order chi connectivity index (χ1) is 11.1. The molecular weight excluding hydrogens is 310 g/mol. The van der Waals surface area contributed by atoms with Crippen LogP contribution in [0.5, 0.6) is 0 Å². The van der Waals surface area contributed by atoms with Gasteiger partial charge in [0.2, 0.25) is 0 Å². The molecule has 0 radical (unpaired) electrons. The topological polar surface area (TPSA) is 54.3 Å². The first-order valence-corrected chi connectivity index (χ1v) is 8.78. The number of hydrogen-bond acceptors (Lipinski definition) is 3. The Morgan fingerprint density at radius 3 is 2.74 bits per heavy atom. The molecule has 1 saturated heterocycles. The van der Waals surface area contributed by atoms with Crippen molar-refractivity contribution in [1.29, 1.82) is 0 Å². The van der Waals surface area contributed by atoms with E-state index >= 15 is 0 Å². The number of hydrogen-bond donors (Lipinski definition) is 1. The smallest absolute Gasteiger partial charge is 0.270 e. The van der Waals surface area contributed by atoms with Crippen molar-refractivity contribution >= 4 is 23.2 Å². The quantitative estimate of drug-likeness (QED) is 0.938. The molecule has 3 heterocycles. The van der Waals surface area contributed by atoms with E-state index in [1.54, 1.807) is 0 Å². The second-order valence-electron chi connectivity index (χ2n) is 6.40. The Morgan fingerprint density at radius 2 is 2.13 bits per heavy atom. The zero-order valence-corrected chi connectivity index (χ0v) is 13.8. The highest BCUT2D eigenvalue weighted by atomic mass is 32.1. The molecular formula is C17H19N3O2S. The molecule has 3 atom stereocenters. The van der Waals surface area contributed by atoms with Crippen LogP contribution >= 0.6 is 11.3 Å². The molecule has 23 heavy (non-hydrogen) atoms. The summed E-state index contributed by atoms with van der Waals surface area (Å²) in [5.41, 5.74) is 0.733. The third-order valence-electron chi connectivity index (χ3n) is 5.03. The lowest BCUT2D eigenvalue weighted by molar-refractivity contribution is 0.0670. The van der Waals surface area contributed by atoms with Gasteiger partial charge in [-0.1, -0.05) is 6.07 Å². The van der Waals surface area contributed by atoms with Crippen LogP contribution in [-0.2, 0) is 7.05 Å². The first kappa shape index (κ1) is 14.5. The lowest BCUT2D eigenvalue weighted by Gasteiger charge is -2.32. The second kappa shape index (κ2) is 5.53. The molecule has 2 fully saturated rings. The van der Waals surface area contributed by atoms with Crippen LogP contribution in [-0.4, -0.2) is 39.9 Å². The van der Waals surface area contributed by atoms with Crippen molar-refractivity contribution in [3.63, 3.8) is 0 Å².